The van der Waals surface area contributed by atoms with E-state index >= 15 is 0 Å². The number of amides is 1. The number of likely N-dealkylation sites (N-methyl/N-ethyl adjacent to an activating group) is 1. The number of hydrogen-bond donors (Lipinski definition) is 1. The molecule has 1 amide bonds. The van der Waals surface area contributed by atoms with Crippen molar-refractivity contribution in [2.75, 3.05) is 85.6 Å². The van der Waals surface area contributed by atoms with E-state index in [1.807, 2.05) is 4.90 Å². The number of halogens is 1. The van der Waals surface area contributed by atoms with Gasteiger partial charge in [0.15, 0.2) is 5.96 Å². The summed E-state index contributed by atoms with van der Waals surface area (Å²) in [6.07, 6.45) is 4.02. The smallest absolute Gasteiger partial charge is 0.251 e. The summed E-state index contributed by atoms with van der Waals surface area (Å²) in [5.41, 5.74) is 0. The first-order valence-corrected chi connectivity index (χ1v) is 11.5. The molecule has 1 atom stereocenters. The highest BCUT2D eigenvalue weighted by atomic mass is 127. The number of piperazine rings is 1. The van der Waals surface area contributed by atoms with Crippen LogP contribution in [0.1, 0.15) is 32.6 Å². The van der Waals surface area contributed by atoms with Crippen LogP contribution in [0, 0.1) is 0 Å². The minimum absolute atomic E-state index is 0. The van der Waals surface area contributed by atoms with Crippen molar-refractivity contribution in [1.29, 1.82) is 0 Å². The molecule has 174 valence electrons. The Labute approximate surface area is 199 Å². The number of carbonyl (C=O) groups excluding carboxylic acids is 1. The molecule has 8 nitrogen and oxygen atoms in total. The number of hydrogen-bond acceptors (Lipinski definition) is 5. The fraction of sp³-hybridized carbons (Fsp3) is 0.905. The summed E-state index contributed by atoms with van der Waals surface area (Å²) in [7, 11) is 2.21. The van der Waals surface area contributed by atoms with Gasteiger partial charge >= 0.3 is 0 Å². The Morgan fingerprint density at radius 1 is 1.03 bits per heavy atom. The molecule has 0 aromatic carbocycles. The Balaban J connectivity index is 0.00000320. The van der Waals surface area contributed by atoms with Gasteiger partial charge in [-0.05, 0) is 59.3 Å². The molecule has 3 fully saturated rings. The van der Waals surface area contributed by atoms with Gasteiger partial charge in [-0.1, -0.05) is 0 Å². The minimum atomic E-state index is -0.206. The van der Waals surface area contributed by atoms with Gasteiger partial charge < -0.3 is 29.7 Å². The maximum atomic E-state index is 12.5. The van der Waals surface area contributed by atoms with Crippen LogP contribution in [0.3, 0.4) is 0 Å². The molecule has 3 rings (SSSR count). The van der Waals surface area contributed by atoms with Crippen LogP contribution in [-0.4, -0.2) is 123 Å². The van der Waals surface area contributed by atoms with Crippen LogP contribution in [0.4, 0.5) is 0 Å². The fourth-order valence-corrected chi connectivity index (χ4v) is 4.34. The predicted octanol–water partition coefficient (Wildman–Crippen LogP) is 0.921. The molecule has 1 unspecified atom stereocenters. The van der Waals surface area contributed by atoms with Crippen LogP contribution in [0.2, 0.25) is 0 Å². The first-order valence-electron chi connectivity index (χ1n) is 11.5. The second kappa shape index (κ2) is 13.7. The molecule has 3 heterocycles. The van der Waals surface area contributed by atoms with Crippen molar-refractivity contribution in [3.8, 4) is 0 Å². The highest BCUT2D eigenvalue weighted by Crippen LogP contribution is 2.16. The fourth-order valence-electron chi connectivity index (χ4n) is 4.34. The molecule has 3 aliphatic rings. The molecule has 3 aliphatic heterocycles. The maximum Gasteiger partial charge on any atom is 0.251 e. The van der Waals surface area contributed by atoms with Gasteiger partial charge in [0.25, 0.3) is 5.91 Å². The maximum absolute atomic E-state index is 12.5. The SMILES string of the molecule is CCNC(=NCCCN1CCCN(C)CC1)N1CCN(C(=O)C2CCCO2)CC1.I. The first-order chi connectivity index (χ1) is 14.2. The molecule has 0 bridgehead atoms. The van der Waals surface area contributed by atoms with Gasteiger partial charge in [0.05, 0.1) is 0 Å². The Kier molecular flexibility index (Phi) is 11.7. The van der Waals surface area contributed by atoms with Crippen LogP contribution in [0.5, 0.6) is 0 Å². The second-order valence-electron chi connectivity index (χ2n) is 8.40. The van der Waals surface area contributed by atoms with E-state index in [1.165, 1.54) is 32.6 Å². The Hall–Kier alpha value is -0.650. The molecule has 0 aliphatic carbocycles. The van der Waals surface area contributed by atoms with Crippen LogP contribution < -0.4 is 5.32 Å². The van der Waals surface area contributed by atoms with E-state index in [0.29, 0.717) is 0 Å². The van der Waals surface area contributed by atoms with Gasteiger partial charge in [-0.2, -0.15) is 0 Å². The highest BCUT2D eigenvalue weighted by molar-refractivity contribution is 14.0. The van der Waals surface area contributed by atoms with E-state index in [1.54, 1.807) is 0 Å². The molecule has 30 heavy (non-hydrogen) atoms. The van der Waals surface area contributed by atoms with Crippen molar-refractivity contribution in [2.24, 2.45) is 4.99 Å². The van der Waals surface area contributed by atoms with Crippen LogP contribution in [0.15, 0.2) is 4.99 Å². The molecular weight excluding hydrogens is 495 g/mol. The van der Waals surface area contributed by atoms with E-state index in [4.69, 9.17) is 9.73 Å². The lowest BCUT2D eigenvalue weighted by molar-refractivity contribution is -0.142. The Morgan fingerprint density at radius 3 is 2.50 bits per heavy atom. The molecule has 0 spiro atoms. The van der Waals surface area contributed by atoms with Crippen LogP contribution in [0.25, 0.3) is 0 Å². The number of guanidine groups is 1. The van der Waals surface area contributed by atoms with E-state index in [9.17, 15) is 4.79 Å². The summed E-state index contributed by atoms with van der Waals surface area (Å²) >= 11 is 0. The van der Waals surface area contributed by atoms with Crippen molar-refractivity contribution in [2.45, 2.75) is 38.7 Å². The van der Waals surface area contributed by atoms with Gasteiger partial charge in [-0.15, -0.1) is 24.0 Å². The molecule has 0 saturated carbocycles. The third kappa shape index (κ3) is 7.80. The average molecular weight is 537 g/mol. The summed E-state index contributed by atoms with van der Waals surface area (Å²) in [6.45, 7) is 13.6. The van der Waals surface area contributed by atoms with Gasteiger partial charge in [0.2, 0.25) is 0 Å². The van der Waals surface area contributed by atoms with Gasteiger partial charge in [-0.25, -0.2) is 0 Å². The topological polar surface area (TPSA) is 63.7 Å². The zero-order valence-corrected chi connectivity index (χ0v) is 21.2. The van der Waals surface area contributed by atoms with Crippen LogP contribution in [-0.2, 0) is 9.53 Å². The zero-order valence-electron chi connectivity index (χ0n) is 18.9. The van der Waals surface area contributed by atoms with Gasteiger partial charge in [0.1, 0.15) is 6.10 Å². The number of aliphatic imine (C=N–C) groups is 1. The van der Waals surface area contributed by atoms with E-state index in [2.05, 4.69) is 34.0 Å². The highest BCUT2D eigenvalue weighted by Gasteiger charge is 2.30. The number of nitrogens with zero attached hydrogens (tertiary/aromatic N) is 5. The summed E-state index contributed by atoms with van der Waals surface area (Å²) in [4.78, 5) is 26.7. The summed E-state index contributed by atoms with van der Waals surface area (Å²) < 4.78 is 5.56. The standard InChI is InChI=1S/C21H40N6O2.HI/c1-3-22-21(23-8-5-10-25-11-6-9-24(2)12-13-25)27-16-14-26(15-17-27)20(28)19-7-4-18-29-19;/h19H,3-18H2,1-2H3,(H,22,23);1H. The lowest BCUT2D eigenvalue weighted by Crippen LogP contribution is -2.55. The second-order valence-corrected chi connectivity index (χ2v) is 8.40. The summed E-state index contributed by atoms with van der Waals surface area (Å²) in [6, 6.07) is 0. The summed E-state index contributed by atoms with van der Waals surface area (Å²) in [5, 5.41) is 3.43. The van der Waals surface area contributed by atoms with Gasteiger partial charge in [-0.3, -0.25) is 9.79 Å². The quantitative estimate of drug-likeness (QED) is 0.236. The third-order valence-corrected chi connectivity index (χ3v) is 6.14. The monoisotopic (exact) mass is 536 g/mol. The van der Waals surface area contributed by atoms with Crippen molar-refractivity contribution < 1.29 is 9.53 Å². The minimum Gasteiger partial charge on any atom is -0.368 e. The third-order valence-electron chi connectivity index (χ3n) is 6.14. The Bertz CT molecular complexity index is 536. The van der Waals surface area contributed by atoms with Crippen molar-refractivity contribution in [1.82, 2.24) is 24.9 Å². The molecule has 0 radical (unpaired) electrons. The molecule has 0 aromatic heterocycles. The zero-order chi connectivity index (χ0) is 20.5. The predicted molar refractivity (Wildman–Crippen MR) is 132 cm³/mol. The molecule has 0 aromatic rings. The van der Waals surface area contributed by atoms with Crippen LogP contribution >= 0.6 is 24.0 Å². The molecular formula is C21H41IN6O2. The lowest BCUT2D eigenvalue weighted by atomic mass is 10.2. The van der Waals surface area contributed by atoms with E-state index in [-0.39, 0.29) is 36.0 Å². The van der Waals surface area contributed by atoms with Crippen molar-refractivity contribution in [3.63, 3.8) is 0 Å². The number of carbonyl (C=O) groups is 1. The largest absolute Gasteiger partial charge is 0.368 e. The van der Waals surface area contributed by atoms with Gasteiger partial charge in [0, 0.05) is 59.0 Å². The lowest BCUT2D eigenvalue weighted by Gasteiger charge is -2.37. The number of nitrogens with one attached hydrogen (secondary N) is 1. The number of rotatable bonds is 6. The van der Waals surface area contributed by atoms with E-state index in [0.717, 1.165) is 77.6 Å². The van der Waals surface area contributed by atoms with Crippen molar-refractivity contribution in [3.05, 3.63) is 0 Å². The molecule has 9 heteroatoms. The number of ether oxygens (including phenoxy) is 1. The molecule has 1 N–H and O–H groups in total. The Morgan fingerprint density at radius 2 is 1.80 bits per heavy atom. The summed E-state index contributed by atoms with van der Waals surface area (Å²) in [5.74, 6) is 1.17. The average Bonchev–Trinajstić information content (AvgIpc) is 3.20. The normalized spacial score (nSPS) is 24.5. The first kappa shape index (κ1) is 25.6. The van der Waals surface area contributed by atoms with Crippen molar-refractivity contribution >= 4 is 35.8 Å². The molecule has 3 saturated heterocycles. The van der Waals surface area contributed by atoms with E-state index < -0.39 is 0 Å².